The summed E-state index contributed by atoms with van der Waals surface area (Å²) < 4.78 is 12.9. The second-order valence-corrected chi connectivity index (χ2v) is 10.9. The number of imidazole rings is 1. The van der Waals surface area contributed by atoms with Gasteiger partial charge in [0.25, 0.3) is 0 Å². The van der Waals surface area contributed by atoms with E-state index in [1.54, 1.807) is 10.9 Å². The van der Waals surface area contributed by atoms with E-state index in [-0.39, 0.29) is 12.5 Å². The third kappa shape index (κ3) is 5.98. The van der Waals surface area contributed by atoms with Gasteiger partial charge < -0.3 is 30.3 Å². The third-order valence-corrected chi connectivity index (χ3v) is 8.19. The van der Waals surface area contributed by atoms with Crippen LogP contribution in [0, 0.1) is 0 Å². The molecule has 1 aliphatic heterocycles. The van der Waals surface area contributed by atoms with Crippen molar-refractivity contribution in [1.82, 2.24) is 24.8 Å². The van der Waals surface area contributed by atoms with Crippen molar-refractivity contribution in [3.8, 4) is 0 Å². The van der Waals surface area contributed by atoms with Gasteiger partial charge in [0, 0.05) is 25.6 Å². The number of aromatic nitrogens is 4. The minimum Gasteiger partial charge on any atom is -0.387 e. The quantitative estimate of drug-likeness (QED) is 0.219. The highest BCUT2D eigenvalue weighted by Crippen LogP contribution is 2.33. The van der Waals surface area contributed by atoms with Gasteiger partial charge in [0.1, 0.15) is 24.1 Å². The lowest BCUT2D eigenvalue weighted by Crippen LogP contribution is -2.33. The van der Waals surface area contributed by atoms with Crippen LogP contribution in [0.15, 0.2) is 67.0 Å². The Balaban J connectivity index is 1.33. The van der Waals surface area contributed by atoms with Gasteiger partial charge >= 0.3 is 0 Å². The highest BCUT2D eigenvalue weighted by Gasteiger charge is 2.44. The zero-order valence-electron chi connectivity index (χ0n) is 23.3. The lowest BCUT2D eigenvalue weighted by molar-refractivity contribution is -0.0580. The third-order valence-electron chi connectivity index (χ3n) is 8.19. The Morgan fingerprint density at radius 3 is 2.32 bits per heavy atom. The van der Waals surface area contributed by atoms with E-state index in [0.717, 1.165) is 12.8 Å². The average molecular weight is 559 g/mol. The number of ether oxygens (including phenoxy) is 2. The molecule has 4 atom stereocenters. The summed E-state index contributed by atoms with van der Waals surface area (Å²) in [6, 6.07) is 21.3. The molecule has 1 saturated carbocycles. The Kier molecular flexibility index (Phi) is 8.54. The van der Waals surface area contributed by atoms with Gasteiger partial charge in [-0.3, -0.25) is 4.57 Å². The molecule has 0 radical (unpaired) electrons. The van der Waals surface area contributed by atoms with Crippen LogP contribution >= 0.6 is 0 Å². The van der Waals surface area contributed by atoms with Crippen LogP contribution in [0.5, 0.6) is 0 Å². The molecule has 2 aromatic carbocycles. The molecular formula is C31H38N6O4. The van der Waals surface area contributed by atoms with E-state index in [2.05, 4.69) is 64.1 Å². The normalized spacial score (nSPS) is 23.1. The van der Waals surface area contributed by atoms with Gasteiger partial charge in [0.2, 0.25) is 0 Å². The number of nitrogens with one attached hydrogen (secondary N) is 2. The zero-order valence-corrected chi connectivity index (χ0v) is 23.3. The molecule has 10 heteroatoms. The molecule has 41 heavy (non-hydrogen) atoms. The summed E-state index contributed by atoms with van der Waals surface area (Å²) in [5.41, 5.74) is 3.52. The number of benzene rings is 2. The maximum atomic E-state index is 10.8. The molecule has 0 spiro atoms. The molecule has 2 fully saturated rings. The number of anilines is 1. The summed E-state index contributed by atoms with van der Waals surface area (Å²) in [5.74, 6) is 1.34. The Hall–Kier alpha value is -3.41. The summed E-state index contributed by atoms with van der Waals surface area (Å²) >= 11 is 0. The highest BCUT2D eigenvalue weighted by atomic mass is 16.6. The van der Waals surface area contributed by atoms with Gasteiger partial charge in [-0.15, -0.1) is 0 Å². The second kappa shape index (κ2) is 12.6. The minimum atomic E-state index is -1.15. The minimum absolute atomic E-state index is 0.0921. The number of nitrogens with zero attached hydrogens (tertiary/aromatic N) is 4. The van der Waals surface area contributed by atoms with E-state index in [9.17, 15) is 10.2 Å². The lowest BCUT2D eigenvalue weighted by Gasteiger charge is -2.20. The molecule has 2 aromatic heterocycles. The predicted octanol–water partition coefficient (Wildman–Crippen LogP) is 3.37. The Labute approximate surface area is 239 Å². The summed E-state index contributed by atoms with van der Waals surface area (Å²) in [6.45, 7) is 1.28. The number of aliphatic hydroxyl groups excluding tert-OH is 2. The van der Waals surface area contributed by atoms with Crippen molar-refractivity contribution >= 4 is 17.0 Å². The van der Waals surface area contributed by atoms with Gasteiger partial charge in [-0.05, 0) is 24.0 Å². The summed E-state index contributed by atoms with van der Waals surface area (Å²) in [4.78, 5) is 14.4. The topological polar surface area (TPSA) is 127 Å². The summed E-state index contributed by atoms with van der Waals surface area (Å²) in [5, 5.41) is 28.6. The van der Waals surface area contributed by atoms with Crippen molar-refractivity contribution in [2.75, 3.05) is 25.6 Å². The lowest BCUT2D eigenvalue weighted by atomic mass is 9.91. The fourth-order valence-electron chi connectivity index (χ4n) is 5.97. The molecule has 4 N–H and O–H groups in total. The molecule has 0 bridgehead atoms. The molecule has 6 rings (SSSR count). The number of hydrogen-bond donors (Lipinski definition) is 4. The Bertz CT molecular complexity index is 1370. The molecule has 3 heterocycles. The van der Waals surface area contributed by atoms with Crippen molar-refractivity contribution in [2.24, 2.45) is 0 Å². The number of methoxy groups -OCH3 is 1. The van der Waals surface area contributed by atoms with E-state index in [4.69, 9.17) is 19.4 Å². The number of aliphatic hydroxyl groups is 2. The first-order valence-electron chi connectivity index (χ1n) is 14.4. The van der Waals surface area contributed by atoms with Crippen LogP contribution in [0.1, 0.15) is 54.8 Å². The number of rotatable bonds is 11. The largest absolute Gasteiger partial charge is 0.387 e. The van der Waals surface area contributed by atoms with Crippen molar-refractivity contribution in [1.29, 1.82) is 0 Å². The van der Waals surface area contributed by atoms with Crippen LogP contribution in [0.4, 0.5) is 5.82 Å². The predicted molar refractivity (Wildman–Crippen MR) is 155 cm³/mol. The van der Waals surface area contributed by atoms with Crippen LogP contribution in [0.3, 0.4) is 0 Å². The first-order chi connectivity index (χ1) is 20.1. The summed E-state index contributed by atoms with van der Waals surface area (Å²) in [6.07, 6.45) is 2.63. The molecule has 1 aliphatic carbocycles. The number of hydrogen-bond acceptors (Lipinski definition) is 9. The van der Waals surface area contributed by atoms with Crippen molar-refractivity contribution in [2.45, 2.75) is 68.7 Å². The Morgan fingerprint density at radius 2 is 1.66 bits per heavy atom. The molecule has 10 nitrogen and oxygen atoms in total. The van der Waals surface area contributed by atoms with E-state index in [0.29, 0.717) is 41.9 Å². The highest BCUT2D eigenvalue weighted by molar-refractivity contribution is 5.83. The molecule has 1 saturated heterocycles. The van der Waals surface area contributed by atoms with E-state index < -0.39 is 24.5 Å². The molecule has 4 aromatic rings. The van der Waals surface area contributed by atoms with Crippen molar-refractivity contribution < 1.29 is 19.7 Å². The average Bonchev–Trinajstić information content (AvgIpc) is 3.74. The van der Waals surface area contributed by atoms with Gasteiger partial charge in [0.15, 0.2) is 23.2 Å². The van der Waals surface area contributed by atoms with Gasteiger partial charge in [0.05, 0.1) is 19.5 Å². The molecule has 0 amide bonds. The van der Waals surface area contributed by atoms with E-state index in [1.807, 2.05) is 12.1 Å². The first-order valence-corrected chi connectivity index (χ1v) is 14.4. The second-order valence-electron chi connectivity index (χ2n) is 10.9. The monoisotopic (exact) mass is 558 g/mol. The fourth-order valence-corrected chi connectivity index (χ4v) is 5.97. The van der Waals surface area contributed by atoms with Crippen LogP contribution in [0.2, 0.25) is 0 Å². The van der Waals surface area contributed by atoms with Gasteiger partial charge in [-0.2, -0.15) is 0 Å². The summed E-state index contributed by atoms with van der Waals surface area (Å²) in [7, 11) is 1.54. The standard InChI is InChI=1S/C31H38N6O4/c1-40-18-24-27(38)28(39)31(41-24)37-19-34-26-29(35-25(36-30(26)37)17-32-22-14-8-9-15-22)33-16-23(20-10-4-2-5-11-20)21-12-6-3-7-13-21/h2-7,10-13,19,22-24,27-28,31-32,38-39H,8-9,14-18H2,1H3,(H,33,35,36)/t24-,27-,28-,31-/m1/s1. The maximum Gasteiger partial charge on any atom is 0.168 e. The smallest absolute Gasteiger partial charge is 0.168 e. The maximum absolute atomic E-state index is 10.8. The van der Waals surface area contributed by atoms with Crippen molar-refractivity contribution in [3.63, 3.8) is 0 Å². The van der Waals surface area contributed by atoms with E-state index in [1.165, 1.54) is 31.1 Å². The van der Waals surface area contributed by atoms with Gasteiger partial charge in [-0.25, -0.2) is 15.0 Å². The van der Waals surface area contributed by atoms with Crippen LogP contribution < -0.4 is 10.6 Å². The van der Waals surface area contributed by atoms with Crippen LogP contribution in [0.25, 0.3) is 11.2 Å². The number of fused-ring (bicyclic) bond motifs is 1. The van der Waals surface area contributed by atoms with Crippen molar-refractivity contribution in [3.05, 3.63) is 83.9 Å². The van der Waals surface area contributed by atoms with Crippen LogP contribution in [-0.4, -0.2) is 74.3 Å². The molecule has 0 unspecified atom stereocenters. The van der Waals surface area contributed by atoms with Crippen LogP contribution in [-0.2, 0) is 16.0 Å². The SMILES string of the molecule is COC[C@H]1O[C@@H](n2cnc3c(NCC(c4ccccc4)c4ccccc4)nc(CNC4CCCC4)nc32)[C@H](O)[C@@H]1O. The van der Waals surface area contributed by atoms with Gasteiger partial charge in [-0.1, -0.05) is 73.5 Å². The molecule has 216 valence electrons. The zero-order chi connectivity index (χ0) is 28.2. The molecular weight excluding hydrogens is 520 g/mol. The fraction of sp³-hybridized carbons (Fsp3) is 0.452. The van der Waals surface area contributed by atoms with E-state index >= 15 is 0 Å². The molecule has 2 aliphatic rings. The first kappa shape index (κ1) is 27.7. The Morgan fingerprint density at radius 1 is 0.976 bits per heavy atom.